The molecule has 0 heterocycles. The molecule has 0 fully saturated rings. The van der Waals surface area contributed by atoms with Crippen molar-refractivity contribution in [3.05, 3.63) is 59.7 Å². The molecule has 9 amide bonds. The van der Waals surface area contributed by atoms with Gasteiger partial charge < -0.3 is 73.3 Å². The zero-order valence-corrected chi connectivity index (χ0v) is 45.6. The fraction of sp³-hybridized carbons (Fsp3) is 0.547. The summed E-state index contributed by atoms with van der Waals surface area (Å²) < 4.78 is 15.9. The maximum absolute atomic E-state index is 14.0. The van der Waals surface area contributed by atoms with Crippen molar-refractivity contribution in [3.63, 3.8) is 0 Å². The molecule has 6 atom stereocenters. The molecule has 434 valence electrons. The molecule has 1 aliphatic carbocycles. The van der Waals surface area contributed by atoms with Gasteiger partial charge in [0.1, 0.15) is 50.0 Å². The van der Waals surface area contributed by atoms with Crippen LogP contribution < -0.4 is 54.0 Å². The van der Waals surface area contributed by atoms with Crippen molar-refractivity contribution in [2.24, 2.45) is 29.2 Å². The van der Waals surface area contributed by atoms with Crippen LogP contribution in [-0.2, 0) is 67.0 Å². The molecule has 79 heavy (non-hydrogen) atoms. The van der Waals surface area contributed by atoms with E-state index in [9.17, 15) is 62.6 Å². The number of carbonyl (C=O) groups is 12. The summed E-state index contributed by atoms with van der Waals surface area (Å²) in [6.45, 7) is 9.73. The normalized spacial score (nSPS) is 13.9. The topological polar surface area (TPSA) is 401 Å². The summed E-state index contributed by atoms with van der Waals surface area (Å²) in [5.41, 5.74) is 14.9. The molecule has 0 aromatic heterocycles. The zero-order chi connectivity index (χ0) is 58.9. The minimum absolute atomic E-state index is 0.00891. The molecule has 2 aromatic rings. The number of primary amides is 1. The second-order valence-electron chi connectivity index (χ2n) is 19.9. The van der Waals surface area contributed by atoms with Gasteiger partial charge in [0.25, 0.3) is 0 Å². The highest BCUT2D eigenvalue weighted by Gasteiger charge is 2.35. The van der Waals surface area contributed by atoms with Gasteiger partial charge in [0.15, 0.2) is 0 Å². The van der Waals surface area contributed by atoms with Gasteiger partial charge in [0, 0.05) is 18.9 Å². The van der Waals surface area contributed by atoms with Crippen LogP contribution in [0.2, 0.25) is 0 Å². The van der Waals surface area contributed by atoms with E-state index >= 15 is 0 Å². The first kappa shape index (κ1) is 65.1. The van der Waals surface area contributed by atoms with E-state index in [1.54, 1.807) is 41.5 Å². The van der Waals surface area contributed by atoms with Gasteiger partial charge >= 0.3 is 24.0 Å². The van der Waals surface area contributed by atoms with Crippen molar-refractivity contribution in [2.45, 2.75) is 129 Å². The number of esters is 2. The van der Waals surface area contributed by atoms with Crippen LogP contribution in [0.25, 0.3) is 11.1 Å². The minimum Gasteiger partial charge on any atom is -0.480 e. The number of benzene rings is 2. The Labute approximate surface area is 458 Å². The molecular weight excluding hydrogens is 1030 g/mol. The molecule has 0 bridgehead atoms. The molecule has 1 aliphatic rings. The van der Waals surface area contributed by atoms with Crippen molar-refractivity contribution in [3.8, 4) is 11.1 Å². The molecule has 0 unspecified atom stereocenters. The molecular formula is C53H76N10O16. The van der Waals surface area contributed by atoms with Crippen molar-refractivity contribution in [1.29, 1.82) is 0 Å². The number of carbonyl (C=O) groups excluding carboxylic acids is 11. The summed E-state index contributed by atoms with van der Waals surface area (Å²) in [6, 6.07) is 8.09. The average Bonchev–Trinajstić information content (AvgIpc) is 3.86. The van der Waals surface area contributed by atoms with E-state index in [1.807, 2.05) is 48.5 Å². The molecule has 0 spiro atoms. The third-order valence-corrected chi connectivity index (χ3v) is 12.3. The summed E-state index contributed by atoms with van der Waals surface area (Å²) in [5, 5.41) is 29.4. The number of hydrogen-bond acceptors (Lipinski definition) is 16. The molecule has 2 aromatic carbocycles. The van der Waals surface area contributed by atoms with Gasteiger partial charge in [-0.05, 0) is 66.2 Å². The van der Waals surface area contributed by atoms with E-state index in [-0.39, 0.29) is 50.9 Å². The number of fused-ring (bicyclic) bond motifs is 3. The monoisotopic (exact) mass is 1110 g/mol. The standard InChI is InChI=1S/C53H76N10O16/c1-28(2)24-39(52(74)75)61-49(71)38(16-17-43(67)78-23-20-44(68)77-22-19-41(65)56-21-18-37(54)48(70)59-31(7)47(69)58-26-42(66)57-25-40(55)64)60-50(72)45(29(3)4)62-51(73)46(30(5)6)63-53(76)79-27-36-34-14-10-8-12-32(34)33-13-9-11-15-35(33)36/h8-15,28-31,36-39,45-46H,16-27,54H2,1-7H3,(H2,55,64)(H,56,65)(H,57,66)(H,58,69)(H,59,70)(H,60,72)(H,61,71)(H,62,73)(H,63,76)(H,74,75)/t31-,37+,38-,39-,45-,46-/m0/s1. The van der Waals surface area contributed by atoms with Crippen LogP contribution in [0.3, 0.4) is 0 Å². The van der Waals surface area contributed by atoms with Crippen LogP contribution in [0.5, 0.6) is 0 Å². The molecule has 26 nitrogen and oxygen atoms in total. The summed E-state index contributed by atoms with van der Waals surface area (Å²) in [6.07, 6.45) is -2.43. The van der Waals surface area contributed by atoms with E-state index in [0.717, 1.165) is 22.3 Å². The Morgan fingerprint density at radius 3 is 1.67 bits per heavy atom. The average molecular weight is 1110 g/mol. The van der Waals surface area contributed by atoms with E-state index < -0.39 is 158 Å². The SMILES string of the molecule is CC(C)C[C@H](NC(=O)[C@H](CCC(=O)OCCC(=O)OCCC(=O)NCC[C@@H](N)C(=O)N[C@@H](C)C(=O)NCC(=O)NCC(N)=O)NC(=O)[C@@H](NC(=O)[C@@H](NC(=O)OCC1c2ccccc2-c2ccccc21)C(C)C)C(C)C)C(=O)O. The Morgan fingerprint density at radius 2 is 1.10 bits per heavy atom. The van der Waals surface area contributed by atoms with Crippen molar-refractivity contribution >= 4 is 71.3 Å². The number of carboxylic acids is 1. The molecule has 13 N–H and O–H groups in total. The molecule has 0 radical (unpaired) electrons. The second-order valence-corrected chi connectivity index (χ2v) is 19.9. The summed E-state index contributed by atoms with van der Waals surface area (Å²) in [5.74, 6) is -10.4. The highest BCUT2D eigenvalue weighted by Crippen LogP contribution is 2.44. The van der Waals surface area contributed by atoms with Crippen molar-refractivity contribution in [2.75, 3.05) is 39.5 Å². The lowest BCUT2D eigenvalue weighted by atomic mass is 9.98. The van der Waals surface area contributed by atoms with Crippen LogP contribution in [0, 0.1) is 17.8 Å². The van der Waals surface area contributed by atoms with Gasteiger partial charge in [-0.2, -0.15) is 0 Å². The Bertz CT molecular complexity index is 2460. The van der Waals surface area contributed by atoms with Gasteiger partial charge in [0.2, 0.25) is 47.3 Å². The predicted molar refractivity (Wildman–Crippen MR) is 283 cm³/mol. The number of hydrogen-bond donors (Lipinski definition) is 11. The lowest BCUT2D eigenvalue weighted by Crippen LogP contribution is -2.59. The van der Waals surface area contributed by atoms with Gasteiger partial charge in [-0.1, -0.05) is 90.1 Å². The molecule has 0 saturated heterocycles. The Hall–Kier alpha value is -8.16. The third kappa shape index (κ3) is 22.4. The highest BCUT2D eigenvalue weighted by molar-refractivity contribution is 5.95. The fourth-order valence-corrected chi connectivity index (χ4v) is 8.03. The van der Waals surface area contributed by atoms with Gasteiger partial charge in [-0.25, -0.2) is 9.59 Å². The van der Waals surface area contributed by atoms with E-state index in [4.69, 9.17) is 25.7 Å². The Balaban J connectivity index is 1.49. The number of rotatable bonds is 33. The maximum atomic E-state index is 14.0. The molecule has 3 rings (SSSR count). The third-order valence-electron chi connectivity index (χ3n) is 12.3. The quantitative estimate of drug-likeness (QED) is 0.0317. The van der Waals surface area contributed by atoms with Crippen LogP contribution in [0.1, 0.15) is 104 Å². The second kappa shape index (κ2) is 32.5. The zero-order valence-electron chi connectivity index (χ0n) is 45.6. The number of ether oxygens (including phenoxy) is 3. The van der Waals surface area contributed by atoms with Crippen LogP contribution in [0.4, 0.5) is 4.79 Å². The largest absolute Gasteiger partial charge is 0.480 e. The smallest absolute Gasteiger partial charge is 0.407 e. The molecule has 0 saturated carbocycles. The van der Waals surface area contributed by atoms with Gasteiger partial charge in [0.05, 0.1) is 32.0 Å². The lowest BCUT2D eigenvalue weighted by Gasteiger charge is -2.29. The lowest BCUT2D eigenvalue weighted by molar-refractivity contribution is -0.150. The summed E-state index contributed by atoms with van der Waals surface area (Å²) >= 11 is 0. The first-order chi connectivity index (χ1) is 37.3. The number of amides is 9. The van der Waals surface area contributed by atoms with Crippen LogP contribution in [-0.4, -0.2) is 152 Å². The first-order valence-electron chi connectivity index (χ1n) is 26.0. The number of nitrogens with two attached hydrogens (primary N) is 2. The van der Waals surface area contributed by atoms with Crippen molar-refractivity contribution < 1.29 is 76.9 Å². The Morgan fingerprint density at radius 1 is 0.557 bits per heavy atom. The molecule has 0 aliphatic heterocycles. The number of alkyl carbamates (subject to hydrolysis) is 1. The first-order valence-corrected chi connectivity index (χ1v) is 26.0. The van der Waals surface area contributed by atoms with Gasteiger partial charge in [-0.15, -0.1) is 0 Å². The predicted octanol–water partition coefficient (Wildman–Crippen LogP) is -0.506. The number of carboxylic acid groups (broad SMARTS) is 1. The van der Waals surface area contributed by atoms with Crippen LogP contribution in [0.15, 0.2) is 48.5 Å². The van der Waals surface area contributed by atoms with Crippen molar-refractivity contribution in [1.82, 2.24) is 42.5 Å². The Kier molecular flexibility index (Phi) is 26.8. The number of aliphatic carboxylic acids is 1. The fourth-order valence-electron chi connectivity index (χ4n) is 8.03. The summed E-state index contributed by atoms with van der Waals surface area (Å²) in [4.78, 5) is 151. The highest BCUT2D eigenvalue weighted by atomic mass is 16.6. The maximum Gasteiger partial charge on any atom is 0.407 e. The van der Waals surface area contributed by atoms with Crippen LogP contribution >= 0.6 is 0 Å². The van der Waals surface area contributed by atoms with E-state index in [1.165, 1.54) is 6.92 Å². The van der Waals surface area contributed by atoms with E-state index in [2.05, 4.69) is 42.5 Å². The molecule has 26 heteroatoms. The van der Waals surface area contributed by atoms with Gasteiger partial charge in [-0.3, -0.25) is 47.9 Å². The number of nitrogens with one attached hydrogen (secondary N) is 8. The summed E-state index contributed by atoms with van der Waals surface area (Å²) in [7, 11) is 0. The minimum atomic E-state index is -1.51. The van der Waals surface area contributed by atoms with E-state index in [0.29, 0.717) is 0 Å².